The van der Waals surface area contributed by atoms with E-state index in [1.807, 2.05) is 47.4 Å². The number of pyridine rings is 1. The first-order valence-electron chi connectivity index (χ1n) is 17.0. The van der Waals surface area contributed by atoms with Crippen molar-refractivity contribution < 1.29 is 4.74 Å². The van der Waals surface area contributed by atoms with Crippen LogP contribution in [0.3, 0.4) is 0 Å². The molecule has 7 heteroatoms. The van der Waals surface area contributed by atoms with Crippen molar-refractivity contribution in [2.24, 2.45) is 0 Å². The van der Waals surface area contributed by atoms with E-state index in [1.54, 1.807) is 0 Å². The molecule has 240 valence electrons. The fourth-order valence-electron chi connectivity index (χ4n) is 7.77. The molecule has 10 aromatic rings. The Hall–Kier alpha value is -7.12. The lowest BCUT2D eigenvalue weighted by molar-refractivity contribution is 0.477. The number of fused-ring (bicyclic) bond motifs is 8. The second-order valence-electron chi connectivity index (χ2n) is 12.8. The lowest BCUT2D eigenvalue weighted by atomic mass is 10.1. The zero-order valence-electron chi connectivity index (χ0n) is 27.3. The standard InChI is InChI=1S/C44H28N6O/c1-4-14-36-32(11-1)33-12-2-5-15-37(33)49(36)31-27-46-47(28-31)29-21-23-43-41(25-29)48(39-17-7-8-18-42(39)51-43)30-20-22-35-34-13-3-6-16-38(34)50(40(35)26-30)44-19-9-10-24-45-44/h1-28H. The Morgan fingerprint density at radius 1 is 0.451 bits per heavy atom. The maximum absolute atomic E-state index is 6.52. The molecule has 0 amide bonds. The van der Waals surface area contributed by atoms with Crippen LogP contribution in [0.1, 0.15) is 0 Å². The van der Waals surface area contributed by atoms with Gasteiger partial charge in [0.1, 0.15) is 5.82 Å². The van der Waals surface area contributed by atoms with Crippen molar-refractivity contribution in [3.63, 3.8) is 0 Å². The minimum atomic E-state index is 0.776. The quantitative estimate of drug-likeness (QED) is 0.189. The van der Waals surface area contributed by atoms with Crippen LogP contribution in [-0.2, 0) is 0 Å². The summed E-state index contributed by atoms with van der Waals surface area (Å²) in [5, 5.41) is 9.69. The zero-order chi connectivity index (χ0) is 33.5. The van der Waals surface area contributed by atoms with E-state index in [0.717, 1.165) is 67.8 Å². The van der Waals surface area contributed by atoms with E-state index in [0.29, 0.717) is 0 Å². The molecule has 0 spiro atoms. The highest BCUT2D eigenvalue weighted by atomic mass is 16.5. The monoisotopic (exact) mass is 656 g/mol. The third kappa shape index (κ3) is 4.12. The Morgan fingerprint density at radius 2 is 1.08 bits per heavy atom. The molecule has 0 saturated heterocycles. The Kier molecular flexibility index (Phi) is 5.83. The topological polar surface area (TPSA) is 53.0 Å². The van der Waals surface area contributed by atoms with Gasteiger partial charge in [-0.3, -0.25) is 4.57 Å². The van der Waals surface area contributed by atoms with E-state index in [9.17, 15) is 0 Å². The number of hydrogen-bond donors (Lipinski definition) is 0. The van der Waals surface area contributed by atoms with Gasteiger partial charge in [0.15, 0.2) is 11.5 Å². The molecule has 7 nitrogen and oxygen atoms in total. The fourth-order valence-corrected chi connectivity index (χ4v) is 7.77. The fraction of sp³-hybridized carbons (Fsp3) is 0. The van der Waals surface area contributed by atoms with Crippen molar-refractivity contribution in [2.45, 2.75) is 0 Å². The van der Waals surface area contributed by atoms with E-state index in [4.69, 9.17) is 14.8 Å². The third-order valence-corrected chi connectivity index (χ3v) is 9.98. The van der Waals surface area contributed by atoms with Gasteiger partial charge in [0.05, 0.1) is 57.2 Å². The van der Waals surface area contributed by atoms with Crippen LogP contribution in [0.2, 0.25) is 0 Å². The molecule has 0 unspecified atom stereocenters. The summed E-state index contributed by atoms with van der Waals surface area (Å²) >= 11 is 0. The summed E-state index contributed by atoms with van der Waals surface area (Å²) in [6.45, 7) is 0. The first-order valence-corrected chi connectivity index (χ1v) is 17.0. The van der Waals surface area contributed by atoms with Crippen LogP contribution < -0.4 is 9.64 Å². The summed E-state index contributed by atoms with van der Waals surface area (Å²) in [6, 6.07) is 52.8. The van der Waals surface area contributed by atoms with Crippen molar-refractivity contribution in [3.05, 3.63) is 170 Å². The Labute approximate surface area is 292 Å². The first kappa shape index (κ1) is 27.8. The molecule has 0 aliphatic carbocycles. The number of para-hydroxylation sites is 5. The smallest absolute Gasteiger partial charge is 0.151 e. The molecule has 4 aromatic heterocycles. The van der Waals surface area contributed by atoms with Crippen molar-refractivity contribution in [3.8, 4) is 28.7 Å². The van der Waals surface area contributed by atoms with Crippen LogP contribution >= 0.6 is 0 Å². The molecule has 0 fully saturated rings. The van der Waals surface area contributed by atoms with E-state index in [-0.39, 0.29) is 0 Å². The number of benzene rings is 6. The lowest BCUT2D eigenvalue weighted by Crippen LogP contribution is -2.16. The molecule has 1 aliphatic rings. The van der Waals surface area contributed by atoms with Crippen LogP contribution in [0.5, 0.6) is 11.5 Å². The van der Waals surface area contributed by atoms with Gasteiger partial charge in [-0.25, -0.2) is 9.67 Å². The third-order valence-electron chi connectivity index (χ3n) is 9.98. The van der Waals surface area contributed by atoms with Crippen molar-refractivity contribution in [2.75, 3.05) is 4.90 Å². The molecule has 0 saturated carbocycles. The highest BCUT2D eigenvalue weighted by molar-refractivity contribution is 6.11. The minimum Gasteiger partial charge on any atom is -0.453 e. The lowest BCUT2D eigenvalue weighted by Gasteiger charge is -2.33. The maximum Gasteiger partial charge on any atom is 0.151 e. The highest BCUT2D eigenvalue weighted by Gasteiger charge is 2.27. The number of ether oxygens (including phenoxy) is 1. The summed E-state index contributed by atoms with van der Waals surface area (Å²) in [4.78, 5) is 7.04. The molecule has 0 N–H and O–H groups in total. The van der Waals surface area contributed by atoms with E-state index < -0.39 is 0 Å². The highest BCUT2D eigenvalue weighted by Crippen LogP contribution is 2.51. The summed E-state index contributed by atoms with van der Waals surface area (Å²) in [6.07, 6.45) is 5.88. The molecule has 0 atom stereocenters. The Morgan fingerprint density at radius 3 is 1.82 bits per heavy atom. The molecule has 5 heterocycles. The number of rotatable bonds is 4. The van der Waals surface area contributed by atoms with E-state index in [1.165, 1.54) is 21.5 Å². The van der Waals surface area contributed by atoms with Crippen LogP contribution in [0.4, 0.5) is 17.1 Å². The average Bonchev–Trinajstić information content (AvgIpc) is 3.90. The van der Waals surface area contributed by atoms with E-state index >= 15 is 0 Å². The summed E-state index contributed by atoms with van der Waals surface area (Å²) in [7, 11) is 0. The Balaban J connectivity index is 1.08. The number of nitrogens with zero attached hydrogens (tertiary/aromatic N) is 6. The van der Waals surface area contributed by atoms with Gasteiger partial charge in [0.25, 0.3) is 0 Å². The van der Waals surface area contributed by atoms with Crippen molar-refractivity contribution in [1.29, 1.82) is 0 Å². The maximum atomic E-state index is 6.52. The normalized spacial score (nSPS) is 12.4. The van der Waals surface area contributed by atoms with Crippen molar-refractivity contribution >= 4 is 60.7 Å². The average molecular weight is 657 g/mol. The van der Waals surface area contributed by atoms with Gasteiger partial charge in [0, 0.05) is 33.4 Å². The molecule has 1 aliphatic heterocycles. The van der Waals surface area contributed by atoms with Crippen LogP contribution in [0.25, 0.3) is 60.8 Å². The second kappa shape index (κ2) is 10.7. The Bertz CT molecular complexity index is 2920. The molecule has 0 radical (unpaired) electrons. The number of aromatic nitrogens is 5. The van der Waals surface area contributed by atoms with Gasteiger partial charge in [-0.05, 0) is 72.8 Å². The molecular formula is C44H28N6O. The summed E-state index contributed by atoms with van der Waals surface area (Å²) < 4.78 is 13.0. The molecule has 6 aromatic carbocycles. The van der Waals surface area contributed by atoms with Crippen molar-refractivity contribution in [1.82, 2.24) is 23.9 Å². The van der Waals surface area contributed by atoms with Gasteiger partial charge in [-0.15, -0.1) is 0 Å². The van der Waals surface area contributed by atoms with Crippen LogP contribution in [0.15, 0.2) is 170 Å². The van der Waals surface area contributed by atoms with E-state index in [2.05, 4.69) is 142 Å². The zero-order valence-corrected chi connectivity index (χ0v) is 27.3. The van der Waals surface area contributed by atoms with Gasteiger partial charge >= 0.3 is 0 Å². The van der Waals surface area contributed by atoms with Crippen LogP contribution in [0, 0.1) is 0 Å². The second-order valence-corrected chi connectivity index (χ2v) is 12.8. The predicted octanol–water partition coefficient (Wildman–Crippen LogP) is 11.0. The predicted molar refractivity (Wildman–Crippen MR) is 205 cm³/mol. The first-order chi connectivity index (χ1) is 25.3. The van der Waals surface area contributed by atoms with Gasteiger partial charge < -0.3 is 14.2 Å². The van der Waals surface area contributed by atoms with Gasteiger partial charge in [-0.2, -0.15) is 5.10 Å². The number of anilines is 3. The summed E-state index contributed by atoms with van der Waals surface area (Å²) in [5.74, 6) is 2.46. The molecular weight excluding hydrogens is 629 g/mol. The molecule has 51 heavy (non-hydrogen) atoms. The SMILES string of the molecule is c1ccc(-n2c3ccccc3c3ccc(N4c5ccccc5Oc5ccc(-n6cc(-n7c8ccccc8c8ccccc87)cn6)cc54)cc32)nc1. The molecule has 0 bridgehead atoms. The number of hydrogen-bond acceptors (Lipinski definition) is 4. The largest absolute Gasteiger partial charge is 0.453 e. The summed E-state index contributed by atoms with van der Waals surface area (Å²) in [5.41, 5.74) is 9.34. The molecule has 11 rings (SSSR count). The van der Waals surface area contributed by atoms with Gasteiger partial charge in [-0.1, -0.05) is 78.9 Å². The van der Waals surface area contributed by atoms with Crippen LogP contribution in [-0.4, -0.2) is 23.9 Å². The van der Waals surface area contributed by atoms with Gasteiger partial charge in [0.2, 0.25) is 0 Å². The minimum absolute atomic E-state index is 0.776.